The van der Waals surface area contributed by atoms with E-state index >= 15 is 0 Å². The fraction of sp³-hybridized carbons (Fsp3) is 0.814. The minimum Gasteiger partial charge on any atom is -0.393 e. The van der Waals surface area contributed by atoms with Crippen molar-refractivity contribution in [3.63, 3.8) is 0 Å². The SMILES string of the molecule is C[C@]12CCC(=O)C=C1CC[C@@H]1[C@@H]2[C@@H](O)C[C@@]2(C)[C@H]1CC[C@]2(O)C(=O)CCCC(=O)[C@@]1(O)CC[C@H]2[C@@H]3CCC4=CC(=O)CC[C@]4(C)[C@H]3[C@@H](O)C[C@@]21C. The van der Waals surface area contributed by atoms with E-state index in [4.69, 9.17) is 0 Å². The van der Waals surface area contributed by atoms with Gasteiger partial charge in [0, 0.05) is 36.5 Å². The molecule has 0 heterocycles. The van der Waals surface area contributed by atoms with Gasteiger partial charge in [-0.1, -0.05) is 38.8 Å². The van der Waals surface area contributed by atoms with E-state index in [1.165, 1.54) is 0 Å². The molecule has 8 aliphatic carbocycles. The largest absolute Gasteiger partial charge is 0.393 e. The zero-order valence-electron chi connectivity index (χ0n) is 31.2. The van der Waals surface area contributed by atoms with Crippen LogP contribution in [0.1, 0.15) is 137 Å². The molecule has 0 aromatic heterocycles. The predicted octanol–water partition coefficient (Wildman–Crippen LogP) is 5.76. The second kappa shape index (κ2) is 11.7. The Morgan fingerprint density at radius 1 is 0.627 bits per heavy atom. The number of aliphatic hydroxyl groups excluding tert-OH is 2. The number of hydrogen-bond donors (Lipinski definition) is 4. The molecule has 8 nitrogen and oxygen atoms in total. The minimum atomic E-state index is -1.58. The molecule has 8 rings (SSSR count). The molecule has 6 saturated carbocycles. The fourth-order valence-electron chi connectivity index (χ4n) is 15.1. The number of fused-ring (bicyclic) bond motifs is 10. The molecular formula is C43H60O8. The van der Waals surface area contributed by atoms with Crippen LogP contribution in [0.5, 0.6) is 0 Å². The smallest absolute Gasteiger partial charge is 0.164 e. The van der Waals surface area contributed by atoms with Gasteiger partial charge in [-0.2, -0.15) is 0 Å². The monoisotopic (exact) mass is 704 g/mol. The Morgan fingerprint density at radius 2 is 1.02 bits per heavy atom. The lowest BCUT2D eigenvalue weighted by atomic mass is 9.45. The first-order chi connectivity index (χ1) is 23.9. The molecule has 4 N–H and O–H groups in total. The van der Waals surface area contributed by atoms with Gasteiger partial charge in [-0.05, 0) is 142 Å². The number of hydrogen-bond acceptors (Lipinski definition) is 8. The standard InChI is InChI=1S/C43H60O8/c1-38-16-12-26(44)20-24(38)8-10-28-30-14-18-42(50,40(30,3)22-32(46)36(28)38)34(48)6-5-7-35(49)43(51)19-15-31-29-11-9-25-21-27(45)13-17-39(25,2)37(29)33(47)23-41(31,43)4/h20-21,28-33,36-37,46-47,50-51H,5-19,22-23H2,1-4H3/t28-,29-,30-,31-,32-,33-,36+,37+,38-,39-,40-,41-,42-,43-/m0/s1. The topological polar surface area (TPSA) is 149 Å². The summed E-state index contributed by atoms with van der Waals surface area (Å²) in [5.41, 5.74) is -2.86. The maximum absolute atomic E-state index is 14.1. The van der Waals surface area contributed by atoms with Crippen LogP contribution in [-0.2, 0) is 19.2 Å². The fourth-order valence-corrected chi connectivity index (χ4v) is 15.1. The summed E-state index contributed by atoms with van der Waals surface area (Å²) in [5, 5.41) is 48.0. The Balaban J connectivity index is 0.941. The number of carbonyl (C=O) groups excluding carboxylic acids is 4. The molecule has 0 amide bonds. The number of ketones is 4. The molecule has 14 atom stereocenters. The van der Waals surface area contributed by atoms with E-state index in [0.29, 0.717) is 38.5 Å². The van der Waals surface area contributed by atoms with Crippen LogP contribution in [0, 0.1) is 57.2 Å². The molecule has 8 aliphatic rings. The summed E-state index contributed by atoms with van der Waals surface area (Å²) in [7, 11) is 0. The molecule has 0 saturated heterocycles. The first-order valence-electron chi connectivity index (χ1n) is 20.3. The highest BCUT2D eigenvalue weighted by molar-refractivity contribution is 5.93. The summed E-state index contributed by atoms with van der Waals surface area (Å²) in [6, 6.07) is 0. The maximum Gasteiger partial charge on any atom is 0.164 e. The highest BCUT2D eigenvalue weighted by Crippen LogP contribution is 2.69. The van der Waals surface area contributed by atoms with Crippen LogP contribution in [0.3, 0.4) is 0 Å². The molecule has 8 heteroatoms. The second-order valence-electron chi connectivity index (χ2n) is 19.7. The van der Waals surface area contributed by atoms with E-state index in [2.05, 4.69) is 13.8 Å². The third-order valence-electron chi connectivity index (χ3n) is 17.8. The molecule has 0 spiro atoms. The molecule has 0 aliphatic heterocycles. The number of Topliss-reactive ketones (excluding diaryl/α,β-unsaturated/α-hetero) is 2. The maximum atomic E-state index is 14.1. The Hall–Kier alpha value is -2.00. The highest BCUT2D eigenvalue weighted by Gasteiger charge is 2.70. The van der Waals surface area contributed by atoms with Gasteiger partial charge in [-0.3, -0.25) is 19.2 Å². The van der Waals surface area contributed by atoms with Gasteiger partial charge in [0.2, 0.25) is 0 Å². The van der Waals surface area contributed by atoms with E-state index in [-0.39, 0.29) is 88.7 Å². The van der Waals surface area contributed by atoms with Gasteiger partial charge in [0.25, 0.3) is 0 Å². The summed E-state index contributed by atoms with van der Waals surface area (Å²) in [6.45, 7) is 8.38. The lowest BCUT2D eigenvalue weighted by Gasteiger charge is -2.60. The molecule has 0 bridgehead atoms. The number of rotatable bonds is 6. The molecule has 6 fully saturated rings. The van der Waals surface area contributed by atoms with Crippen LogP contribution in [0.15, 0.2) is 23.3 Å². The summed E-state index contributed by atoms with van der Waals surface area (Å²) in [5.74, 6) is 0.354. The van der Waals surface area contributed by atoms with Gasteiger partial charge in [0.05, 0.1) is 12.2 Å². The quantitative estimate of drug-likeness (QED) is 0.273. The number of carbonyl (C=O) groups is 4. The zero-order valence-corrected chi connectivity index (χ0v) is 31.2. The van der Waals surface area contributed by atoms with E-state index < -0.39 is 34.2 Å². The van der Waals surface area contributed by atoms with Gasteiger partial charge < -0.3 is 20.4 Å². The average molecular weight is 705 g/mol. The summed E-state index contributed by atoms with van der Waals surface area (Å²) in [6.07, 6.45) is 11.2. The van der Waals surface area contributed by atoms with Crippen LogP contribution < -0.4 is 0 Å². The molecular weight excluding hydrogens is 644 g/mol. The molecule has 51 heavy (non-hydrogen) atoms. The average Bonchev–Trinajstić information content (AvgIpc) is 3.50. The van der Waals surface area contributed by atoms with Crippen LogP contribution in [-0.4, -0.2) is 67.0 Å². The lowest BCUT2D eigenvalue weighted by Crippen LogP contribution is -2.62. The van der Waals surface area contributed by atoms with Crippen molar-refractivity contribution in [1.82, 2.24) is 0 Å². The van der Waals surface area contributed by atoms with Gasteiger partial charge >= 0.3 is 0 Å². The zero-order chi connectivity index (χ0) is 36.5. The van der Waals surface area contributed by atoms with Crippen molar-refractivity contribution >= 4 is 23.1 Å². The van der Waals surface area contributed by atoms with Crippen molar-refractivity contribution < 1.29 is 39.6 Å². The van der Waals surface area contributed by atoms with Crippen molar-refractivity contribution in [3.05, 3.63) is 23.3 Å². The normalized spacial score (nSPS) is 51.6. The van der Waals surface area contributed by atoms with Crippen molar-refractivity contribution in [2.24, 2.45) is 57.2 Å². The minimum absolute atomic E-state index is 0.00605. The number of allylic oxidation sites excluding steroid dienone is 2. The van der Waals surface area contributed by atoms with E-state index in [0.717, 1.165) is 62.5 Å². The van der Waals surface area contributed by atoms with E-state index in [9.17, 15) is 39.6 Å². The molecule has 0 radical (unpaired) electrons. The van der Waals surface area contributed by atoms with Gasteiger partial charge in [0.1, 0.15) is 11.2 Å². The van der Waals surface area contributed by atoms with Crippen LogP contribution in [0.4, 0.5) is 0 Å². The first kappa shape index (κ1) is 36.0. The number of aliphatic hydroxyl groups is 4. The van der Waals surface area contributed by atoms with E-state index in [1.807, 2.05) is 26.0 Å². The van der Waals surface area contributed by atoms with Crippen molar-refractivity contribution in [3.8, 4) is 0 Å². The molecule has 0 aromatic carbocycles. The first-order valence-corrected chi connectivity index (χ1v) is 20.3. The molecule has 0 unspecified atom stereocenters. The van der Waals surface area contributed by atoms with Crippen LogP contribution in [0.2, 0.25) is 0 Å². The van der Waals surface area contributed by atoms with Crippen molar-refractivity contribution in [2.45, 2.75) is 160 Å². The van der Waals surface area contributed by atoms with Gasteiger partial charge in [0.15, 0.2) is 23.1 Å². The van der Waals surface area contributed by atoms with Crippen LogP contribution >= 0.6 is 0 Å². The summed E-state index contributed by atoms with van der Waals surface area (Å²) in [4.78, 5) is 52.6. The second-order valence-corrected chi connectivity index (χ2v) is 19.7. The lowest BCUT2D eigenvalue weighted by molar-refractivity contribution is -0.181. The Labute approximate surface area is 302 Å². The summed E-state index contributed by atoms with van der Waals surface area (Å²) < 4.78 is 0. The third kappa shape index (κ3) is 4.76. The molecule has 0 aromatic rings. The molecule has 280 valence electrons. The Bertz CT molecular complexity index is 1500. The van der Waals surface area contributed by atoms with E-state index in [1.54, 1.807) is 0 Å². The highest BCUT2D eigenvalue weighted by atomic mass is 16.3. The van der Waals surface area contributed by atoms with Gasteiger partial charge in [-0.25, -0.2) is 0 Å². The van der Waals surface area contributed by atoms with Crippen molar-refractivity contribution in [2.75, 3.05) is 0 Å². The predicted molar refractivity (Wildman–Crippen MR) is 190 cm³/mol. The van der Waals surface area contributed by atoms with Crippen LogP contribution in [0.25, 0.3) is 0 Å². The Kier molecular flexibility index (Phi) is 8.29. The summed E-state index contributed by atoms with van der Waals surface area (Å²) >= 11 is 0. The Morgan fingerprint density at radius 3 is 1.41 bits per heavy atom. The van der Waals surface area contributed by atoms with Gasteiger partial charge in [-0.15, -0.1) is 0 Å². The third-order valence-corrected chi connectivity index (χ3v) is 17.8. The van der Waals surface area contributed by atoms with Crippen molar-refractivity contribution in [1.29, 1.82) is 0 Å².